The molecule has 3 atom stereocenters. The van der Waals surface area contributed by atoms with Gasteiger partial charge in [-0.05, 0) is 49.4 Å². The van der Waals surface area contributed by atoms with Gasteiger partial charge in [0.15, 0.2) is 5.82 Å². The van der Waals surface area contributed by atoms with Crippen molar-refractivity contribution in [2.24, 2.45) is 0 Å². The Balaban J connectivity index is 1.35. The molecule has 2 aromatic heterocycles. The number of rotatable bonds is 4. The fourth-order valence-corrected chi connectivity index (χ4v) is 7.94. The Kier molecular flexibility index (Phi) is 6.88. The molecule has 8 rings (SSSR count). The van der Waals surface area contributed by atoms with E-state index in [0.29, 0.717) is 68.1 Å². The summed E-state index contributed by atoms with van der Waals surface area (Å²) in [5, 5.41) is 11.8. The lowest BCUT2D eigenvalue weighted by atomic mass is 9.95. The fourth-order valence-electron chi connectivity index (χ4n) is 7.94. The Labute approximate surface area is 263 Å². The normalized spacial score (nSPS) is 24.5. The Bertz CT molecular complexity index is 1930. The van der Waals surface area contributed by atoms with Crippen molar-refractivity contribution in [3.8, 4) is 35.4 Å². The number of hydrogen-bond donors (Lipinski definition) is 1. The third-order valence-electron chi connectivity index (χ3n) is 10.0. The van der Waals surface area contributed by atoms with E-state index in [1.165, 1.54) is 24.3 Å². The van der Waals surface area contributed by atoms with E-state index in [1.54, 1.807) is 0 Å². The first-order chi connectivity index (χ1) is 22.3. The smallest absolute Gasteiger partial charge is 0.319 e. The number of ether oxygens (including phenoxy) is 2. The molecule has 46 heavy (non-hydrogen) atoms. The zero-order valence-electron chi connectivity index (χ0n) is 25.4. The van der Waals surface area contributed by atoms with Crippen molar-refractivity contribution in [3.63, 3.8) is 0 Å². The first-order valence-electron chi connectivity index (χ1n) is 15.7. The van der Waals surface area contributed by atoms with E-state index in [1.807, 2.05) is 11.9 Å². The quantitative estimate of drug-likeness (QED) is 0.320. The van der Waals surface area contributed by atoms with Gasteiger partial charge in [-0.15, -0.1) is 6.42 Å². The Hall–Kier alpha value is -4.34. The summed E-state index contributed by atoms with van der Waals surface area (Å²) in [6.07, 6.45) is 7.64. The molecule has 0 amide bonds. The molecular weight excluding hydrogens is 597 g/mol. The van der Waals surface area contributed by atoms with E-state index in [0.717, 1.165) is 19.4 Å². The number of phenolic OH excluding ortho intramolecular Hbond substituents is 1. The first-order valence-corrected chi connectivity index (χ1v) is 15.7. The lowest BCUT2D eigenvalue weighted by Gasteiger charge is -2.32. The van der Waals surface area contributed by atoms with Crippen LogP contribution in [0.4, 0.5) is 24.8 Å². The molecule has 0 bridgehead atoms. The number of nitrogens with zero attached hydrogens (tertiary/aromatic N) is 6. The molecule has 4 aliphatic heterocycles. The highest BCUT2D eigenvalue weighted by atomic mass is 19.1. The standard InChI is InChI=1S/C34H33F3N6O3/c1-3-23-25(36)6-5-19-13-22(44)14-24(26(19)23)29-28(37)30-27-31(38-29)41(2)17-21-7-11-45-12-10-43(21)32(27)40-33(39-30)46-18-34-8-4-9-42(34)16-20(35)15-34/h1,5-6,13-14,20-21,44H,4,7-12,15-18H2,2H3/t20-,21-,34+/m1/s1. The number of aromatic nitrogens is 3. The Morgan fingerprint density at radius 2 is 1.98 bits per heavy atom. The average molecular weight is 631 g/mol. The average Bonchev–Trinajstić information content (AvgIpc) is 3.42. The molecule has 12 heteroatoms. The maximum atomic E-state index is 17.1. The molecule has 3 saturated heterocycles. The summed E-state index contributed by atoms with van der Waals surface area (Å²) in [4.78, 5) is 20.5. The highest BCUT2D eigenvalue weighted by Crippen LogP contribution is 2.45. The maximum absolute atomic E-state index is 17.1. The molecule has 2 aromatic carbocycles. The fraction of sp³-hybridized carbons (Fsp3) is 0.441. The van der Waals surface area contributed by atoms with E-state index in [4.69, 9.17) is 25.9 Å². The van der Waals surface area contributed by atoms with Crippen LogP contribution in [0.5, 0.6) is 11.8 Å². The van der Waals surface area contributed by atoms with Crippen molar-refractivity contribution in [2.75, 3.05) is 62.8 Å². The molecule has 238 valence electrons. The van der Waals surface area contributed by atoms with Crippen molar-refractivity contribution in [3.05, 3.63) is 41.5 Å². The summed E-state index contributed by atoms with van der Waals surface area (Å²) in [5.74, 6) is 1.74. The lowest BCUT2D eigenvalue weighted by molar-refractivity contribution is 0.107. The van der Waals surface area contributed by atoms with Crippen LogP contribution in [-0.2, 0) is 4.74 Å². The molecule has 3 fully saturated rings. The number of pyridine rings is 1. The number of terminal acetylenes is 1. The molecule has 1 N–H and O–H groups in total. The third kappa shape index (κ3) is 4.51. The van der Waals surface area contributed by atoms with E-state index >= 15 is 4.39 Å². The minimum absolute atomic E-state index is 0.0161. The van der Waals surface area contributed by atoms with Gasteiger partial charge < -0.3 is 24.4 Å². The van der Waals surface area contributed by atoms with E-state index in [2.05, 4.69) is 20.7 Å². The summed E-state index contributed by atoms with van der Waals surface area (Å²) in [6.45, 7) is 3.46. The van der Waals surface area contributed by atoms with Crippen LogP contribution in [0.3, 0.4) is 0 Å². The van der Waals surface area contributed by atoms with Crippen LogP contribution in [-0.4, -0.2) is 95.8 Å². The second kappa shape index (κ2) is 10.9. The van der Waals surface area contributed by atoms with Crippen molar-refractivity contribution in [1.29, 1.82) is 0 Å². The zero-order chi connectivity index (χ0) is 31.7. The predicted molar refractivity (Wildman–Crippen MR) is 168 cm³/mol. The number of hydrogen-bond acceptors (Lipinski definition) is 9. The molecule has 9 nitrogen and oxygen atoms in total. The molecular formula is C34H33F3N6O3. The van der Waals surface area contributed by atoms with Gasteiger partial charge in [-0.3, -0.25) is 4.90 Å². The van der Waals surface area contributed by atoms with Crippen molar-refractivity contribution in [2.45, 2.75) is 43.4 Å². The SMILES string of the molecule is C#Cc1c(F)ccc2cc(O)cc(-c3nc4c5c(nc(OC[C@@]67CCCN6C[C@H](F)C7)nc5c3F)N3CCOCC[C@@H]3CN4C)c12. The van der Waals surface area contributed by atoms with E-state index in [-0.39, 0.29) is 52.1 Å². The summed E-state index contributed by atoms with van der Waals surface area (Å²) in [5.41, 5.74) is -0.527. The van der Waals surface area contributed by atoms with Crippen LogP contribution >= 0.6 is 0 Å². The lowest BCUT2D eigenvalue weighted by Crippen LogP contribution is -2.44. The molecule has 0 saturated carbocycles. The minimum Gasteiger partial charge on any atom is -0.508 e. The molecule has 6 heterocycles. The molecule has 0 spiro atoms. The van der Waals surface area contributed by atoms with Crippen LogP contribution in [0.1, 0.15) is 31.2 Å². The molecule has 0 unspecified atom stereocenters. The maximum Gasteiger partial charge on any atom is 0.319 e. The van der Waals surface area contributed by atoms with Crippen molar-refractivity contribution < 1.29 is 27.8 Å². The highest BCUT2D eigenvalue weighted by Gasteiger charge is 2.49. The summed E-state index contributed by atoms with van der Waals surface area (Å²) in [7, 11) is 1.88. The van der Waals surface area contributed by atoms with Crippen LogP contribution in [0.15, 0.2) is 24.3 Å². The number of alkyl halides is 1. The van der Waals surface area contributed by atoms with Gasteiger partial charge in [0.25, 0.3) is 0 Å². The molecule has 0 aliphatic carbocycles. The van der Waals surface area contributed by atoms with Gasteiger partial charge in [0.05, 0.1) is 29.1 Å². The number of halogens is 3. The largest absolute Gasteiger partial charge is 0.508 e. The molecule has 4 aromatic rings. The third-order valence-corrected chi connectivity index (χ3v) is 10.0. The second-order valence-corrected chi connectivity index (χ2v) is 12.8. The number of likely N-dealkylation sites (N-methyl/N-ethyl adjacent to an activating group) is 1. The van der Waals surface area contributed by atoms with Crippen LogP contribution in [0.2, 0.25) is 0 Å². The van der Waals surface area contributed by atoms with Gasteiger partial charge in [-0.1, -0.05) is 12.0 Å². The second-order valence-electron chi connectivity index (χ2n) is 12.8. The molecule has 4 aliphatic rings. The van der Waals surface area contributed by atoms with Gasteiger partial charge in [-0.25, -0.2) is 18.2 Å². The minimum atomic E-state index is -0.928. The topological polar surface area (TPSA) is 87.1 Å². The highest BCUT2D eigenvalue weighted by molar-refractivity contribution is 6.06. The monoisotopic (exact) mass is 630 g/mol. The Morgan fingerprint density at radius 1 is 1.11 bits per heavy atom. The van der Waals surface area contributed by atoms with E-state index in [9.17, 15) is 13.9 Å². The molecule has 0 radical (unpaired) electrons. The van der Waals surface area contributed by atoms with Crippen molar-refractivity contribution in [1.82, 2.24) is 19.9 Å². The predicted octanol–water partition coefficient (Wildman–Crippen LogP) is 4.81. The number of benzene rings is 2. The first kappa shape index (κ1) is 29.1. The van der Waals surface area contributed by atoms with Crippen LogP contribution in [0, 0.1) is 24.0 Å². The van der Waals surface area contributed by atoms with Gasteiger partial charge >= 0.3 is 6.01 Å². The van der Waals surface area contributed by atoms with E-state index < -0.39 is 23.3 Å². The van der Waals surface area contributed by atoms with Gasteiger partial charge in [0, 0.05) is 50.7 Å². The number of phenols is 1. The summed E-state index contributed by atoms with van der Waals surface area (Å²) >= 11 is 0. The number of fused-ring (bicyclic) bond motifs is 4. The van der Waals surface area contributed by atoms with Crippen molar-refractivity contribution >= 4 is 33.3 Å². The zero-order valence-corrected chi connectivity index (χ0v) is 25.4. The number of aromatic hydroxyl groups is 1. The van der Waals surface area contributed by atoms with Crippen LogP contribution in [0.25, 0.3) is 32.9 Å². The van der Waals surface area contributed by atoms with Gasteiger partial charge in [0.1, 0.15) is 47.2 Å². The van der Waals surface area contributed by atoms with Crippen LogP contribution < -0.4 is 14.5 Å². The number of anilines is 2. The summed E-state index contributed by atoms with van der Waals surface area (Å²) < 4.78 is 58.6. The summed E-state index contributed by atoms with van der Waals surface area (Å²) in [6, 6.07) is 5.46. The Morgan fingerprint density at radius 3 is 2.83 bits per heavy atom. The van der Waals surface area contributed by atoms with Gasteiger partial charge in [0.2, 0.25) is 0 Å². The van der Waals surface area contributed by atoms with Gasteiger partial charge in [-0.2, -0.15) is 9.97 Å².